The number of nitrogens with zero attached hydrogens (tertiary/aromatic N) is 1. The molecular formula is C5H4BrIN2. The van der Waals surface area contributed by atoms with Crippen LogP contribution in [-0.4, -0.2) is 4.98 Å². The Kier molecular flexibility index (Phi) is 2.29. The van der Waals surface area contributed by atoms with Gasteiger partial charge in [-0.1, -0.05) is 0 Å². The minimum Gasteiger partial charge on any atom is -0.397 e. The van der Waals surface area contributed by atoms with Gasteiger partial charge in [-0.05, 0) is 44.6 Å². The maximum absolute atomic E-state index is 5.50. The van der Waals surface area contributed by atoms with E-state index in [0.29, 0.717) is 0 Å². The van der Waals surface area contributed by atoms with Crippen LogP contribution in [0.3, 0.4) is 0 Å². The molecule has 2 nitrogen and oxygen atoms in total. The van der Waals surface area contributed by atoms with E-state index >= 15 is 0 Å². The summed E-state index contributed by atoms with van der Waals surface area (Å²) >= 11 is 5.38. The Morgan fingerprint density at radius 3 is 2.78 bits per heavy atom. The molecule has 1 rings (SSSR count). The Labute approximate surface area is 75.1 Å². The molecule has 0 amide bonds. The van der Waals surface area contributed by atoms with Crippen molar-refractivity contribution in [2.45, 2.75) is 0 Å². The van der Waals surface area contributed by atoms with Crippen molar-refractivity contribution in [3.8, 4) is 0 Å². The fourth-order valence-electron chi connectivity index (χ4n) is 0.418. The average Bonchev–Trinajstić information content (AvgIpc) is 1.80. The number of halogens is 2. The number of hydrogen-bond acceptors (Lipinski definition) is 2. The molecule has 0 saturated heterocycles. The van der Waals surface area contributed by atoms with E-state index in [9.17, 15) is 0 Å². The molecular weight excluding hydrogens is 295 g/mol. The molecule has 1 heterocycles. The number of nitrogen functional groups attached to an aromatic ring is 1. The van der Waals surface area contributed by atoms with E-state index in [2.05, 4.69) is 43.5 Å². The summed E-state index contributed by atoms with van der Waals surface area (Å²) in [5.74, 6) is 0. The Hall–Kier alpha value is 0.160. The Bertz CT molecular complexity index is 226. The SMILES string of the molecule is Nc1cnc(Br)cc1I. The lowest BCUT2D eigenvalue weighted by molar-refractivity contribution is 1.27. The van der Waals surface area contributed by atoms with E-state index in [1.54, 1.807) is 6.20 Å². The Balaban J connectivity index is 3.17. The highest BCUT2D eigenvalue weighted by Crippen LogP contribution is 2.16. The second-order valence-corrected chi connectivity index (χ2v) is 3.50. The molecule has 0 spiro atoms. The summed E-state index contributed by atoms with van der Waals surface area (Å²) in [6, 6.07) is 1.87. The molecule has 1 aromatic rings. The first-order chi connectivity index (χ1) is 4.20. The third kappa shape index (κ3) is 1.79. The van der Waals surface area contributed by atoms with Crippen LogP contribution in [0, 0.1) is 3.57 Å². The van der Waals surface area contributed by atoms with Gasteiger partial charge in [0.15, 0.2) is 0 Å². The lowest BCUT2D eigenvalue weighted by Gasteiger charge is -1.94. The number of hydrogen-bond donors (Lipinski definition) is 1. The van der Waals surface area contributed by atoms with E-state index in [0.717, 1.165) is 13.9 Å². The number of rotatable bonds is 0. The largest absolute Gasteiger partial charge is 0.397 e. The van der Waals surface area contributed by atoms with Crippen molar-refractivity contribution >= 4 is 44.2 Å². The maximum Gasteiger partial charge on any atom is 0.107 e. The van der Waals surface area contributed by atoms with Crippen molar-refractivity contribution in [2.75, 3.05) is 5.73 Å². The first-order valence-electron chi connectivity index (χ1n) is 2.26. The van der Waals surface area contributed by atoms with Crippen molar-refractivity contribution in [2.24, 2.45) is 0 Å². The molecule has 48 valence electrons. The van der Waals surface area contributed by atoms with Gasteiger partial charge >= 0.3 is 0 Å². The molecule has 0 aromatic carbocycles. The zero-order chi connectivity index (χ0) is 6.85. The van der Waals surface area contributed by atoms with Crippen LogP contribution in [0.2, 0.25) is 0 Å². The smallest absolute Gasteiger partial charge is 0.107 e. The van der Waals surface area contributed by atoms with Crippen LogP contribution in [0.25, 0.3) is 0 Å². The van der Waals surface area contributed by atoms with Gasteiger partial charge in [-0.3, -0.25) is 0 Å². The summed E-state index contributed by atoms with van der Waals surface area (Å²) in [4.78, 5) is 3.93. The molecule has 9 heavy (non-hydrogen) atoms. The topological polar surface area (TPSA) is 38.9 Å². The lowest BCUT2D eigenvalue weighted by atomic mass is 10.4. The molecule has 0 aliphatic carbocycles. The molecule has 0 atom stereocenters. The predicted octanol–water partition coefficient (Wildman–Crippen LogP) is 2.03. The van der Waals surface area contributed by atoms with Crippen molar-refractivity contribution < 1.29 is 0 Å². The van der Waals surface area contributed by atoms with Gasteiger partial charge in [-0.2, -0.15) is 0 Å². The summed E-state index contributed by atoms with van der Waals surface area (Å²) < 4.78 is 1.84. The third-order valence-electron chi connectivity index (χ3n) is 0.849. The first kappa shape index (κ1) is 7.27. The summed E-state index contributed by atoms with van der Waals surface area (Å²) in [6.07, 6.45) is 1.63. The highest BCUT2D eigenvalue weighted by molar-refractivity contribution is 14.1. The number of aromatic nitrogens is 1. The maximum atomic E-state index is 5.50. The fraction of sp³-hybridized carbons (Fsp3) is 0. The van der Waals surface area contributed by atoms with Gasteiger partial charge < -0.3 is 5.73 Å². The summed E-state index contributed by atoms with van der Waals surface area (Å²) in [5.41, 5.74) is 6.22. The van der Waals surface area contributed by atoms with Crippen LogP contribution in [-0.2, 0) is 0 Å². The van der Waals surface area contributed by atoms with Crippen molar-refractivity contribution in [1.29, 1.82) is 0 Å². The second kappa shape index (κ2) is 2.83. The standard InChI is InChI=1S/C5H4BrIN2/c6-5-1-3(7)4(8)2-9-5/h1-2H,8H2. The number of pyridine rings is 1. The molecule has 0 saturated carbocycles. The average molecular weight is 299 g/mol. The van der Waals surface area contributed by atoms with Crippen LogP contribution in [0.1, 0.15) is 0 Å². The van der Waals surface area contributed by atoms with Crippen LogP contribution < -0.4 is 5.73 Å². The molecule has 0 radical (unpaired) electrons. The van der Waals surface area contributed by atoms with E-state index in [1.165, 1.54) is 0 Å². The molecule has 0 fully saturated rings. The van der Waals surface area contributed by atoms with E-state index in [-0.39, 0.29) is 0 Å². The van der Waals surface area contributed by atoms with Crippen molar-refractivity contribution in [3.63, 3.8) is 0 Å². The van der Waals surface area contributed by atoms with E-state index < -0.39 is 0 Å². The Morgan fingerprint density at radius 1 is 1.67 bits per heavy atom. The number of anilines is 1. The van der Waals surface area contributed by atoms with Crippen LogP contribution in [0.15, 0.2) is 16.9 Å². The zero-order valence-corrected chi connectivity index (χ0v) is 8.18. The zero-order valence-electron chi connectivity index (χ0n) is 4.44. The van der Waals surface area contributed by atoms with Gasteiger partial charge in [0.1, 0.15) is 4.60 Å². The monoisotopic (exact) mass is 298 g/mol. The van der Waals surface area contributed by atoms with Gasteiger partial charge in [0.05, 0.1) is 11.9 Å². The fourth-order valence-corrected chi connectivity index (χ4v) is 1.61. The van der Waals surface area contributed by atoms with Gasteiger partial charge in [-0.25, -0.2) is 4.98 Å². The van der Waals surface area contributed by atoms with Gasteiger partial charge in [0.2, 0.25) is 0 Å². The highest BCUT2D eigenvalue weighted by Gasteiger charge is 1.94. The summed E-state index contributed by atoms with van der Waals surface area (Å²) in [5, 5.41) is 0. The van der Waals surface area contributed by atoms with Gasteiger partial charge in [-0.15, -0.1) is 0 Å². The molecule has 2 N–H and O–H groups in total. The van der Waals surface area contributed by atoms with Crippen LogP contribution in [0.4, 0.5) is 5.69 Å². The Morgan fingerprint density at radius 2 is 2.33 bits per heavy atom. The molecule has 0 bridgehead atoms. The molecule has 1 aromatic heterocycles. The summed E-state index contributed by atoms with van der Waals surface area (Å²) in [7, 11) is 0. The lowest BCUT2D eigenvalue weighted by Crippen LogP contribution is -1.89. The minimum absolute atomic E-state index is 0.721. The molecule has 0 aliphatic heterocycles. The second-order valence-electron chi connectivity index (χ2n) is 1.53. The van der Waals surface area contributed by atoms with E-state index in [4.69, 9.17) is 5.73 Å². The van der Waals surface area contributed by atoms with Crippen LogP contribution in [0.5, 0.6) is 0 Å². The van der Waals surface area contributed by atoms with Crippen molar-refractivity contribution in [1.82, 2.24) is 4.98 Å². The first-order valence-corrected chi connectivity index (χ1v) is 4.14. The minimum atomic E-state index is 0.721. The predicted molar refractivity (Wildman–Crippen MR) is 49.1 cm³/mol. The van der Waals surface area contributed by atoms with Crippen molar-refractivity contribution in [3.05, 3.63) is 20.4 Å². The molecule has 0 aliphatic rings. The normalized spacial score (nSPS) is 9.56. The summed E-state index contributed by atoms with van der Waals surface area (Å²) in [6.45, 7) is 0. The van der Waals surface area contributed by atoms with E-state index in [1.807, 2.05) is 6.07 Å². The molecule has 4 heteroatoms. The number of nitrogens with two attached hydrogens (primary N) is 1. The van der Waals surface area contributed by atoms with Gasteiger partial charge in [0.25, 0.3) is 0 Å². The highest BCUT2D eigenvalue weighted by atomic mass is 127. The quantitative estimate of drug-likeness (QED) is 0.588. The van der Waals surface area contributed by atoms with Gasteiger partial charge in [0, 0.05) is 3.57 Å². The molecule has 0 unspecified atom stereocenters. The van der Waals surface area contributed by atoms with Crippen LogP contribution >= 0.6 is 38.5 Å². The third-order valence-corrected chi connectivity index (χ3v) is 2.22.